The third kappa shape index (κ3) is 2.14. The van der Waals surface area contributed by atoms with Crippen LogP contribution in [0.1, 0.15) is 16.1 Å². The molecule has 2 rings (SSSR count). The molecule has 1 heterocycles. The summed E-state index contributed by atoms with van der Waals surface area (Å²) in [5, 5.41) is 22.8. The average molecular weight is 287 g/mol. The molecule has 5 nitrogen and oxygen atoms in total. The summed E-state index contributed by atoms with van der Waals surface area (Å²) in [4.78, 5) is 10.8. The Hall–Kier alpha value is -1.72. The highest BCUT2D eigenvalue weighted by Crippen LogP contribution is 2.29. The third-order valence-electron chi connectivity index (χ3n) is 2.37. The number of hydrogen-bond donors (Lipinski definition) is 2. The van der Waals surface area contributed by atoms with E-state index < -0.39 is 17.4 Å². The minimum Gasteiger partial charge on any atom is -0.504 e. The van der Waals surface area contributed by atoms with Gasteiger partial charge in [0.15, 0.2) is 5.75 Å². The number of halogens is 2. The molecule has 0 saturated heterocycles. The van der Waals surface area contributed by atoms with E-state index in [-0.39, 0.29) is 0 Å². The van der Waals surface area contributed by atoms with Gasteiger partial charge in [0.25, 0.3) is 0 Å². The number of carbonyl (C=O) groups is 1. The summed E-state index contributed by atoms with van der Waals surface area (Å²) in [6, 6.07) is 3.19. The Labute approximate surface area is 112 Å². The van der Waals surface area contributed by atoms with Gasteiger partial charge in [0.1, 0.15) is 0 Å². The van der Waals surface area contributed by atoms with Crippen molar-refractivity contribution in [2.75, 3.05) is 0 Å². The lowest BCUT2D eigenvalue weighted by molar-refractivity contribution is 0.0687. The average Bonchev–Trinajstić information content (AvgIpc) is 2.65. The van der Waals surface area contributed by atoms with Crippen LogP contribution in [-0.2, 0) is 0 Å². The second-order valence-corrected chi connectivity index (χ2v) is 4.48. The summed E-state index contributed by atoms with van der Waals surface area (Å²) in [6.45, 7) is 1.79. The Morgan fingerprint density at radius 3 is 2.56 bits per heavy atom. The quantitative estimate of drug-likeness (QED) is 0.890. The van der Waals surface area contributed by atoms with Gasteiger partial charge in [-0.15, -0.1) is 0 Å². The molecule has 2 N–H and O–H groups in total. The van der Waals surface area contributed by atoms with Crippen LogP contribution >= 0.6 is 23.2 Å². The fraction of sp³-hybridized carbons (Fsp3) is 0.0909. The maximum atomic E-state index is 10.8. The van der Waals surface area contributed by atoms with Crippen LogP contribution in [0, 0.1) is 6.92 Å². The lowest BCUT2D eigenvalue weighted by Gasteiger charge is -2.06. The summed E-state index contributed by atoms with van der Waals surface area (Å²) in [5.41, 5.74) is 0.748. The lowest BCUT2D eigenvalue weighted by Crippen LogP contribution is -2.01. The number of carboxylic acids is 1. The highest BCUT2D eigenvalue weighted by atomic mass is 35.5. The van der Waals surface area contributed by atoms with Gasteiger partial charge in [0.2, 0.25) is 5.69 Å². The Morgan fingerprint density at radius 2 is 2.00 bits per heavy atom. The highest BCUT2D eigenvalue weighted by molar-refractivity contribution is 6.35. The highest BCUT2D eigenvalue weighted by Gasteiger charge is 2.17. The predicted molar refractivity (Wildman–Crippen MR) is 66.9 cm³/mol. The molecule has 94 valence electrons. The molecule has 18 heavy (non-hydrogen) atoms. The number of aryl methyl sites for hydroxylation is 1. The molecule has 0 bridgehead atoms. The molecule has 1 aromatic heterocycles. The van der Waals surface area contributed by atoms with Crippen LogP contribution in [-0.4, -0.2) is 26.0 Å². The van der Waals surface area contributed by atoms with Crippen LogP contribution < -0.4 is 0 Å². The smallest absolute Gasteiger partial charge is 0.360 e. The first-order chi connectivity index (χ1) is 8.40. The Bertz CT molecular complexity index is 637. The molecular weight excluding hydrogens is 279 g/mol. The van der Waals surface area contributed by atoms with Crippen molar-refractivity contribution in [1.82, 2.24) is 9.78 Å². The fourth-order valence-corrected chi connectivity index (χ4v) is 1.91. The molecule has 7 heteroatoms. The summed E-state index contributed by atoms with van der Waals surface area (Å²) < 4.78 is 1.17. The number of rotatable bonds is 2. The van der Waals surface area contributed by atoms with Crippen molar-refractivity contribution >= 4 is 29.2 Å². The van der Waals surface area contributed by atoms with E-state index >= 15 is 0 Å². The number of aromatic hydroxyl groups is 1. The van der Waals surface area contributed by atoms with Crippen LogP contribution in [0.2, 0.25) is 10.0 Å². The summed E-state index contributed by atoms with van der Waals surface area (Å²) >= 11 is 12.0. The van der Waals surface area contributed by atoms with Crippen molar-refractivity contribution in [1.29, 1.82) is 0 Å². The number of carboxylic acid groups (broad SMARTS) is 1. The van der Waals surface area contributed by atoms with E-state index in [4.69, 9.17) is 28.3 Å². The maximum Gasteiger partial charge on any atom is 0.360 e. The van der Waals surface area contributed by atoms with E-state index in [1.807, 2.05) is 0 Å². The zero-order valence-corrected chi connectivity index (χ0v) is 10.7. The maximum absolute atomic E-state index is 10.8. The first-order valence-corrected chi connectivity index (χ1v) is 5.63. The number of aromatic carboxylic acids is 1. The Kier molecular flexibility index (Phi) is 3.19. The summed E-state index contributed by atoms with van der Waals surface area (Å²) in [5.74, 6) is -1.75. The molecule has 2 aromatic rings. The first-order valence-electron chi connectivity index (χ1n) is 4.88. The number of aromatic nitrogens is 2. The molecule has 0 radical (unpaired) electrons. The molecule has 0 atom stereocenters. The van der Waals surface area contributed by atoms with Crippen LogP contribution in [0.15, 0.2) is 18.3 Å². The Balaban J connectivity index is 2.59. The molecule has 0 aliphatic carbocycles. The van der Waals surface area contributed by atoms with Crippen molar-refractivity contribution in [3.05, 3.63) is 39.6 Å². The fourth-order valence-electron chi connectivity index (χ4n) is 1.45. The van der Waals surface area contributed by atoms with Crippen molar-refractivity contribution in [2.24, 2.45) is 0 Å². The van der Waals surface area contributed by atoms with E-state index in [1.54, 1.807) is 19.1 Å². The molecule has 0 amide bonds. The van der Waals surface area contributed by atoms with E-state index in [9.17, 15) is 9.90 Å². The molecule has 0 aliphatic rings. The SMILES string of the molecule is Cc1cc(Cl)c(-n2cc(O)c(C(=O)O)n2)cc1Cl. The predicted octanol–water partition coefficient (Wildman–Crippen LogP) is 2.89. The van der Waals surface area contributed by atoms with Gasteiger partial charge >= 0.3 is 5.97 Å². The third-order valence-corrected chi connectivity index (χ3v) is 3.08. The number of hydrogen-bond acceptors (Lipinski definition) is 3. The van der Waals surface area contributed by atoms with Gasteiger partial charge < -0.3 is 10.2 Å². The van der Waals surface area contributed by atoms with Gasteiger partial charge in [-0.25, -0.2) is 9.48 Å². The second kappa shape index (κ2) is 4.51. The zero-order valence-electron chi connectivity index (χ0n) is 9.19. The van der Waals surface area contributed by atoms with Gasteiger partial charge in [-0.05, 0) is 24.6 Å². The van der Waals surface area contributed by atoms with Crippen molar-refractivity contribution in [3.8, 4) is 11.4 Å². The van der Waals surface area contributed by atoms with Gasteiger partial charge in [-0.1, -0.05) is 23.2 Å². The van der Waals surface area contributed by atoms with Crippen LogP contribution in [0.5, 0.6) is 5.75 Å². The molecule has 1 aromatic carbocycles. The van der Waals surface area contributed by atoms with Crippen molar-refractivity contribution in [3.63, 3.8) is 0 Å². The molecule has 0 unspecified atom stereocenters. The van der Waals surface area contributed by atoms with E-state index in [1.165, 1.54) is 4.68 Å². The minimum absolute atomic E-state index is 0.358. The molecule has 0 fully saturated rings. The van der Waals surface area contributed by atoms with E-state index in [0.29, 0.717) is 15.7 Å². The molecular formula is C11H8Cl2N2O3. The molecule has 0 saturated carbocycles. The van der Waals surface area contributed by atoms with Crippen molar-refractivity contribution < 1.29 is 15.0 Å². The van der Waals surface area contributed by atoms with Crippen LogP contribution in [0.25, 0.3) is 5.69 Å². The van der Waals surface area contributed by atoms with Crippen LogP contribution in [0.4, 0.5) is 0 Å². The first kappa shape index (κ1) is 12.7. The van der Waals surface area contributed by atoms with Crippen LogP contribution in [0.3, 0.4) is 0 Å². The lowest BCUT2D eigenvalue weighted by atomic mass is 10.2. The number of benzene rings is 1. The van der Waals surface area contributed by atoms with E-state index in [2.05, 4.69) is 5.10 Å². The largest absolute Gasteiger partial charge is 0.504 e. The minimum atomic E-state index is -1.32. The monoisotopic (exact) mass is 286 g/mol. The second-order valence-electron chi connectivity index (χ2n) is 3.67. The van der Waals surface area contributed by atoms with Gasteiger partial charge in [0.05, 0.1) is 16.9 Å². The van der Waals surface area contributed by atoms with Crippen molar-refractivity contribution in [2.45, 2.75) is 6.92 Å². The van der Waals surface area contributed by atoms with Gasteiger partial charge in [-0.2, -0.15) is 5.10 Å². The van der Waals surface area contributed by atoms with Gasteiger partial charge in [-0.3, -0.25) is 0 Å². The zero-order chi connectivity index (χ0) is 13.4. The number of nitrogens with zero attached hydrogens (tertiary/aromatic N) is 2. The molecule has 0 aliphatic heterocycles. The van der Waals surface area contributed by atoms with E-state index in [0.717, 1.165) is 11.8 Å². The van der Waals surface area contributed by atoms with Gasteiger partial charge in [0, 0.05) is 5.02 Å². The normalized spacial score (nSPS) is 10.6. The standard InChI is InChI=1S/C11H8Cl2N2O3/c1-5-2-7(13)8(3-6(5)12)15-4-9(16)10(14-15)11(17)18/h2-4,16H,1H3,(H,17,18). The summed E-state index contributed by atoms with van der Waals surface area (Å²) in [6.07, 6.45) is 1.16. The molecule has 0 spiro atoms. The topological polar surface area (TPSA) is 75.4 Å². The Morgan fingerprint density at radius 1 is 1.33 bits per heavy atom. The summed E-state index contributed by atoms with van der Waals surface area (Å²) in [7, 11) is 0.